The summed E-state index contributed by atoms with van der Waals surface area (Å²) in [6.07, 6.45) is 0. The second-order valence-electron chi connectivity index (χ2n) is 10.7. The monoisotopic (exact) mass is 620 g/mol. The van der Waals surface area contributed by atoms with Crippen molar-refractivity contribution in [3.63, 3.8) is 0 Å². The number of aromatic nitrogens is 3. The first-order valence-corrected chi connectivity index (χ1v) is 14.8. The van der Waals surface area contributed by atoms with Crippen LogP contribution in [0.5, 0.6) is 11.5 Å². The lowest BCUT2D eigenvalue weighted by atomic mass is 10.0. The van der Waals surface area contributed by atoms with Gasteiger partial charge in [-0.1, -0.05) is 65.8 Å². The van der Waals surface area contributed by atoms with Crippen LogP contribution in [-0.2, 0) is 0 Å². The second kappa shape index (κ2) is 12.5. The number of anilines is 1. The van der Waals surface area contributed by atoms with E-state index in [2.05, 4.69) is 15.5 Å². The Labute approximate surface area is 269 Å². The number of hydrogen-bond acceptors (Lipinski definition) is 7. The molecule has 7 rings (SSSR count). The quantitative estimate of drug-likeness (QED) is 0.157. The molecule has 1 amide bonds. The number of aromatic amines is 1. The van der Waals surface area contributed by atoms with Crippen LogP contribution in [0.1, 0.15) is 26.3 Å². The van der Waals surface area contributed by atoms with Crippen molar-refractivity contribution >= 4 is 28.4 Å². The van der Waals surface area contributed by atoms with Crippen LogP contribution in [0, 0.1) is 0 Å². The lowest BCUT2D eigenvalue weighted by Gasteiger charge is -2.09. The second-order valence-corrected chi connectivity index (χ2v) is 10.7. The van der Waals surface area contributed by atoms with Crippen molar-refractivity contribution in [1.29, 1.82) is 0 Å². The minimum atomic E-state index is -0.286. The molecule has 0 aliphatic heterocycles. The fourth-order valence-corrected chi connectivity index (χ4v) is 5.38. The third-order valence-electron chi connectivity index (χ3n) is 7.82. The standard InChI is InChI=1S/C38H28N4O5/c1-45-33-19-15-25(21-35(33)46-2)34-22-31(42-47-34)23-12-16-27(17-13-23)39-38(44)29-11-7-6-10-28(29)37-40-30-18-14-26(20-32(30)41-37)36(43)24-8-4-3-5-9-24/h3-22H,1-2H3,(H,39,44)(H,40,41). The largest absolute Gasteiger partial charge is 0.493 e. The third kappa shape index (κ3) is 5.85. The lowest BCUT2D eigenvalue weighted by Crippen LogP contribution is -2.13. The van der Waals surface area contributed by atoms with E-state index in [4.69, 9.17) is 19.0 Å². The number of ether oxygens (including phenoxy) is 2. The Hall–Kier alpha value is -6.48. The van der Waals surface area contributed by atoms with Gasteiger partial charge in [0, 0.05) is 39.6 Å². The van der Waals surface area contributed by atoms with Gasteiger partial charge in [0.25, 0.3) is 5.91 Å². The molecule has 0 spiro atoms. The summed E-state index contributed by atoms with van der Waals surface area (Å²) in [6, 6.07) is 36.5. The van der Waals surface area contributed by atoms with Crippen LogP contribution < -0.4 is 14.8 Å². The van der Waals surface area contributed by atoms with Gasteiger partial charge in [0.05, 0.1) is 30.8 Å². The highest BCUT2D eigenvalue weighted by molar-refractivity contribution is 6.11. The number of H-pyrrole nitrogens is 1. The number of imidazole rings is 1. The summed E-state index contributed by atoms with van der Waals surface area (Å²) in [7, 11) is 3.17. The third-order valence-corrected chi connectivity index (χ3v) is 7.82. The predicted octanol–water partition coefficient (Wildman–Crippen LogP) is 8.05. The van der Waals surface area contributed by atoms with Crippen LogP contribution in [0.25, 0.3) is 45.0 Å². The van der Waals surface area contributed by atoms with Crippen molar-refractivity contribution in [1.82, 2.24) is 15.1 Å². The molecule has 7 aromatic rings. The highest BCUT2D eigenvalue weighted by Gasteiger charge is 2.18. The number of fused-ring (bicyclic) bond motifs is 1. The molecule has 0 aliphatic carbocycles. The van der Waals surface area contributed by atoms with Crippen LogP contribution in [0.2, 0.25) is 0 Å². The fourth-order valence-electron chi connectivity index (χ4n) is 5.38. The lowest BCUT2D eigenvalue weighted by molar-refractivity contribution is 0.102. The summed E-state index contributed by atoms with van der Waals surface area (Å²) in [5.74, 6) is 1.97. The SMILES string of the molecule is COc1ccc(-c2cc(-c3ccc(NC(=O)c4ccccc4-c4nc5ccc(C(=O)c6ccccc6)cc5[nH]4)cc3)no2)cc1OC. The molecule has 0 radical (unpaired) electrons. The van der Waals surface area contributed by atoms with Gasteiger partial charge < -0.3 is 24.3 Å². The molecule has 2 aromatic heterocycles. The maximum absolute atomic E-state index is 13.5. The predicted molar refractivity (Wildman–Crippen MR) is 180 cm³/mol. The van der Waals surface area contributed by atoms with Gasteiger partial charge in [0.1, 0.15) is 11.5 Å². The van der Waals surface area contributed by atoms with Crippen LogP contribution >= 0.6 is 0 Å². The number of ketones is 1. The highest BCUT2D eigenvalue weighted by atomic mass is 16.5. The number of rotatable bonds is 9. The Kier molecular flexibility index (Phi) is 7.77. The zero-order valence-electron chi connectivity index (χ0n) is 25.5. The minimum Gasteiger partial charge on any atom is -0.493 e. The van der Waals surface area contributed by atoms with Crippen molar-refractivity contribution in [2.45, 2.75) is 0 Å². The molecule has 2 N–H and O–H groups in total. The topological polar surface area (TPSA) is 119 Å². The molecule has 0 fully saturated rings. The molecule has 0 unspecified atom stereocenters. The zero-order valence-corrected chi connectivity index (χ0v) is 25.5. The molecule has 5 aromatic carbocycles. The van der Waals surface area contributed by atoms with Gasteiger partial charge in [-0.05, 0) is 54.6 Å². The smallest absolute Gasteiger partial charge is 0.256 e. The number of nitrogens with zero attached hydrogens (tertiary/aromatic N) is 2. The van der Waals surface area contributed by atoms with Gasteiger partial charge in [0.2, 0.25) is 0 Å². The van der Waals surface area contributed by atoms with Crippen LogP contribution in [0.4, 0.5) is 5.69 Å². The number of benzene rings is 5. The summed E-state index contributed by atoms with van der Waals surface area (Å²) in [4.78, 5) is 34.5. The van der Waals surface area contributed by atoms with Gasteiger partial charge in [-0.25, -0.2) is 4.98 Å². The number of nitrogens with one attached hydrogen (secondary N) is 2. The van der Waals surface area contributed by atoms with E-state index in [1.807, 2.05) is 78.9 Å². The van der Waals surface area contributed by atoms with Gasteiger partial charge in [-0.3, -0.25) is 9.59 Å². The first-order chi connectivity index (χ1) is 23.0. The Morgan fingerprint density at radius 2 is 1.47 bits per heavy atom. The van der Waals surface area contributed by atoms with Gasteiger partial charge >= 0.3 is 0 Å². The van der Waals surface area contributed by atoms with E-state index in [1.54, 1.807) is 56.7 Å². The molecule has 0 atom stereocenters. The summed E-state index contributed by atoms with van der Waals surface area (Å²) in [5.41, 5.74) is 6.54. The summed E-state index contributed by atoms with van der Waals surface area (Å²) >= 11 is 0. The zero-order chi connectivity index (χ0) is 32.3. The van der Waals surface area contributed by atoms with Crippen LogP contribution in [0.15, 0.2) is 126 Å². The minimum absolute atomic E-state index is 0.0728. The molecule has 9 heteroatoms. The average molecular weight is 621 g/mol. The van der Waals surface area contributed by atoms with Crippen molar-refractivity contribution in [2.75, 3.05) is 19.5 Å². The molecule has 230 valence electrons. The molecule has 0 aliphatic rings. The number of hydrogen-bond donors (Lipinski definition) is 2. The van der Waals surface area contributed by atoms with E-state index in [-0.39, 0.29) is 11.7 Å². The molecule has 2 heterocycles. The summed E-state index contributed by atoms with van der Waals surface area (Å²) < 4.78 is 16.3. The number of methoxy groups -OCH3 is 2. The summed E-state index contributed by atoms with van der Waals surface area (Å²) in [6.45, 7) is 0. The van der Waals surface area contributed by atoms with E-state index in [0.717, 1.165) is 11.1 Å². The number of amides is 1. The van der Waals surface area contributed by atoms with E-state index in [1.165, 1.54) is 0 Å². The van der Waals surface area contributed by atoms with Crippen molar-refractivity contribution in [3.8, 4) is 45.5 Å². The molecule has 0 saturated carbocycles. The maximum Gasteiger partial charge on any atom is 0.256 e. The molecular weight excluding hydrogens is 592 g/mol. The molecule has 9 nitrogen and oxygen atoms in total. The number of carbonyl (C=O) groups excluding carboxylic acids is 2. The Morgan fingerprint density at radius 1 is 0.723 bits per heavy atom. The molecule has 0 bridgehead atoms. The Morgan fingerprint density at radius 3 is 2.26 bits per heavy atom. The normalized spacial score (nSPS) is 10.9. The van der Waals surface area contributed by atoms with Crippen LogP contribution in [-0.4, -0.2) is 41.0 Å². The van der Waals surface area contributed by atoms with Crippen molar-refractivity contribution < 1.29 is 23.6 Å². The molecule has 0 saturated heterocycles. The molecular formula is C38H28N4O5. The van der Waals surface area contributed by atoms with Crippen molar-refractivity contribution in [2.24, 2.45) is 0 Å². The average Bonchev–Trinajstić information content (AvgIpc) is 3.79. The first-order valence-electron chi connectivity index (χ1n) is 14.8. The Balaban J connectivity index is 1.09. The van der Waals surface area contributed by atoms with E-state index < -0.39 is 0 Å². The fraction of sp³-hybridized carbons (Fsp3) is 0.0526. The highest BCUT2D eigenvalue weighted by Crippen LogP contribution is 2.34. The van der Waals surface area contributed by atoms with Gasteiger partial charge in [-0.2, -0.15) is 0 Å². The summed E-state index contributed by atoms with van der Waals surface area (Å²) in [5, 5.41) is 7.21. The maximum atomic E-state index is 13.5. The van der Waals surface area contributed by atoms with Gasteiger partial charge in [0.15, 0.2) is 23.0 Å². The first kappa shape index (κ1) is 29.2. The number of carbonyl (C=O) groups is 2. The van der Waals surface area contributed by atoms with Crippen LogP contribution in [0.3, 0.4) is 0 Å². The Bertz CT molecular complexity index is 2240. The van der Waals surface area contributed by atoms with E-state index in [0.29, 0.717) is 67.8 Å². The van der Waals surface area contributed by atoms with E-state index in [9.17, 15) is 9.59 Å². The van der Waals surface area contributed by atoms with E-state index >= 15 is 0 Å². The van der Waals surface area contributed by atoms with Gasteiger partial charge in [-0.15, -0.1) is 0 Å². The van der Waals surface area contributed by atoms with Crippen molar-refractivity contribution in [3.05, 3.63) is 138 Å². The molecule has 47 heavy (non-hydrogen) atoms.